The van der Waals surface area contributed by atoms with Crippen molar-refractivity contribution in [1.82, 2.24) is 4.90 Å². The molecular formula is C11H16ClNO. The highest BCUT2D eigenvalue weighted by Gasteiger charge is 2.29. The zero-order chi connectivity index (χ0) is 9.97. The van der Waals surface area contributed by atoms with Crippen molar-refractivity contribution < 1.29 is 4.79 Å². The maximum atomic E-state index is 11.6. The van der Waals surface area contributed by atoms with Gasteiger partial charge in [-0.25, -0.2) is 0 Å². The van der Waals surface area contributed by atoms with E-state index >= 15 is 0 Å². The van der Waals surface area contributed by atoms with Crippen LogP contribution in [0.4, 0.5) is 0 Å². The number of hydrogen-bond acceptors (Lipinski definition) is 1. The Kier molecular flexibility index (Phi) is 3.12. The van der Waals surface area contributed by atoms with Gasteiger partial charge >= 0.3 is 0 Å². The Balaban J connectivity index is 2.16. The first-order valence-electron chi connectivity index (χ1n) is 5.39. The minimum Gasteiger partial charge on any atom is -0.315 e. The number of rotatable bonds is 1. The lowest BCUT2D eigenvalue weighted by Crippen LogP contribution is -2.39. The van der Waals surface area contributed by atoms with Gasteiger partial charge in [0, 0.05) is 12.2 Å². The molecule has 1 fully saturated rings. The molecule has 1 saturated heterocycles. The molecule has 0 radical (unpaired) electrons. The third kappa shape index (κ3) is 1.81. The quantitative estimate of drug-likeness (QED) is 0.613. The van der Waals surface area contributed by atoms with Crippen LogP contribution < -0.4 is 0 Å². The van der Waals surface area contributed by atoms with Gasteiger partial charge in [-0.15, -0.1) is 11.6 Å². The van der Waals surface area contributed by atoms with Crippen molar-refractivity contribution >= 4 is 17.5 Å². The van der Waals surface area contributed by atoms with E-state index in [4.69, 9.17) is 11.6 Å². The molecule has 2 aliphatic rings. The van der Waals surface area contributed by atoms with Crippen LogP contribution in [-0.4, -0.2) is 23.2 Å². The Morgan fingerprint density at radius 3 is 3.07 bits per heavy atom. The third-order valence-corrected chi connectivity index (χ3v) is 3.42. The molecule has 0 aromatic carbocycles. The van der Waals surface area contributed by atoms with E-state index in [-0.39, 0.29) is 11.8 Å². The number of allylic oxidation sites excluding steroid dienone is 2. The van der Waals surface area contributed by atoms with Gasteiger partial charge < -0.3 is 4.90 Å². The molecule has 1 aliphatic carbocycles. The number of likely N-dealkylation sites (tertiary alicyclic amines) is 1. The molecule has 14 heavy (non-hydrogen) atoms. The van der Waals surface area contributed by atoms with Crippen LogP contribution in [0.2, 0.25) is 0 Å². The van der Waals surface area contributed by atoms with Crippen molar-refractivity contribution in [2.75, 3.05) is 12.4 Å². The molecule has 1 unspecified atom stereocenters. The fourth-order valence-corrected chi connectivity index (χ4v) is 2.66. The summed E-state index contributed by atoms with van der Waals surface area (Å²) in [5.41, 5.74) is 1.26. The summed E-state index contributed by atoms with van der Waals surface area (Å²) in [5.74, 6) is 0.818. The summed E-state index contributed by atoms with van der Waals surface area (Å²) in [6, 6.07) is 0. The predicted octanol–water partition coefficient (Wildman–Crippen LogP) is 2.53. The fraction of sp³-hybridized carbons (Fsp3) is 0.727. The van der Waals surface area contributed by atoms with Gasteiger partial charge in [-0.1, -0.05) is 6.08 Å². The molecule has 1 aliphatic heterocycles. The average Bonchev–Trinajstić information content (AvgIpc) is 2.27. The van der Waals surface area contributed by atoms with Crippen LogP contribution in [0.3, 0.4) is 0 Å². The highest BCUT2D eigenvalue weighted by atomic mass is 35.5. The summed E-state index contributed by atoms with van der Waals surface area (Å²) in [4.78, 5) is 13.5. The summed E-state index contributed by atoms with van der Waals surface area (Å²) in [6.07, 6.45) is 8.26. The number of nitrogens with zero attached hydrogens (tertiary/aromatic N) is 1. The van der Waals surface area contributed by atoms with Gasteiger partial charge in [0.1, 0.15) is 5.88 Å². The lowest BCUT2D eigenvalue weighted by atomic mass is 9.85. The molecule has 1 atom stereocenters. The Morgan fingerprint density at radius 2 is 2.29 bits per heavy atom. The summed E-state index contributed by atoms with van der Waals surface area (Å²) >= 11 is 5.60. The van der Waals surface area contributed by atoms with Crippen molar-refractivity contribution in [2.45, 2.75) is 32.1 Å². The lowest BCUT2D eigenvalue weighted by Gasteiger charge is -2.37. The molecule has 3 heteroatoms. The molecular weight excluding hydrogens is 198 g/mol. The Morgan fingerprint density at radius 1 is 1.50 bits per heavy atom. The normalized spacial score (nSPS) is 26.8. The van der Waals surface area contributed by atoms with E-state index in [1.54, 1.807) is 0 Å². The van der Waals surface area contributed by atoms with E-state index in [2.05, 4.69) is 6.08 Å². The van der Waals surface area contributed by atoms with Gasteiger partial charge in [0.2, 0.25) is 5.91 Å². The maximum Gasteiger partial charge on any atom is 0.241 e. The van der Waals surface area contributed by atoms with Gasteiger partial charge in [0.15, 0.2) is 0 Å². The van der Waals surface area contributed by atoms with Gasteiger partial charge in [-0.3, -0.25) is 4.79 Å². The van der Waals surface area contributed by atoms with E-state index in [1.165, 1.54) is 25.0 Å². The van der Waals surface area contributed by atoms with Gasteiger partial charge in [0.25, 0.3) is 0 Å². The van der Waals surface area contributed by atoms with E-state index in [0.717, 1.165) is 19.4 Å². The third-order valence-electron chi connectivity index (χ3n) is 3.19. The van der Waals surface area contributed by atoms with Crippen molar-refractivity contribution in [3.8, 4) is 0 Å². The molecule has 0 aromatic heterocycles. The molecule has 0 N–H and O–H groups in total. The number of carbonyl (C=O) groups excluding carboxylic acids is 1. The number of alkyl halides is 1. The highest BCUT2D eigenvalue weighted by Crippen LogP contribution is 2.34. The molecule has 2 rings (SSSR count). The second-order valence-electron chi connectivity index (χ2n) is 4.08. The highest BCUT2D eigenvalue weighted by molar-refractivity contribution is 6.27. The number of amides is 1. The first-order valence-corrected chi connectivity index (χ1v) is 5.92. The lowest BCUT2D eigenvalue weighted by molar-refractivity contribution is -0.127. The Bertz CT molecular complexity index is 262. The minimum absolute atomic E-state index is 0.0736. The number of hydrogen-bond donors (Lipinski definition) is 0. The van der Waals surface area contributed by atoms with Crippen LogP contribution in [0.25, 0.3) is 0 Å². The molecule has 0 saturated carbocycles. The van der Waals surface area contributed by atoms with Gasteiger partial charge in [-0.2, -0.15) is 0 Å². The second kappa shape index (κ2) is 4.35. The number of halogens is 1. The topological polar surface area (TPSA) is 20.3 Å². The first-order chi connectivity index (χ1) is 6.83. The largest absolute Gasteiger partial charge is 0.315 e. The summed E-state index contributed by atoms with van der Waals surface area (Å²) in [7, 11) is 0. The maximum absolute atomic E-state index is 11.6. The average molecular weight is 214 g/mol. The predicted molar refractivity (Wildman–Crippen MR) is 57.1 cm³/mol. The monoisotopic (exact) mass is 213 g/mol. The smallest absolute Gasteiger partial charge is 0.241 e. The Hall–Kier alpha value is -0.500. The molecule has 0 aromatic rings. The van der Waals surface area contributed by atoms with Crippen LogP contribution in [0.15, 0.2) is 11.8 Å². The molecule has 2 nitrogen and oxygen atoms in total. The summed E-state index contributed by atoms with van der Waals surface area (Å²) < 4.78 is 0. The Labute approximate surface area is 89.9 Å². The SMILES string of the molecule is O=C(CCl)N1CCCC2CCCC=C21. The van der Waals surface area contributed by atoms with E-state index in [9.17, 15) is 4.79 Å². The number of carbonyl (C=O) groups is 1. The van der Waals surface area contributed by atoms with Gasteiger partial charge in [-0.05, 0) is 38.0 Å². The summed E-state index contributed by atoms with van der Waals surface area (Å²) in [6.45, 7) is 0.869. The molecule has 1 amide bonds. The van der Waals surface area contributed by atoms with Crippen molar-refractivity contribution in [3.05, 3.63) is 11.8 Å². The fourth-order valence-electron chi connectivity index (χ4n) is 2.52. The molecule has 0 spiro atoms. The van der Waals surface area contributed by atoms with Crippen molar-refractivity contribution in [1.29, 1.82) is 0 Å². The standard InChI is InChI=1S/C11H16ClNO/c12-8-11(14)13-7-3-5-9-4-1-2-6-10(9)13/h6,9H,1-5,7-8H2. The van der Waals surface area contributed by atoms with Crippen LogP contribution >= 0.6 is 11.6 Å². The zero-order valence-electron chi connectivity index (χ0n) is 8.34. The summed E-state index contributed by atoms with van der Waals surface area (Å²) in [5, 5.41) is 0. The van der Waals surface area contributed by atoms with Crippen molar-refractivity contribution in [2.24, 2.45) is 5.92 Å². The minimum atomic E-state index is 0.0736. The molecule has 78 valence electrons. The van der Waals surface area contributed by atoms with E-state index in [1.807, 2.05) is 4.90 Å². The van der Waals surface area contributed by atoms with Crippen LogP contribution in [0.5, 0.6) is 0 Å². The van der Waals surface area contributed by atoms with Crippen LogP contribution in [-0.2, 0) is 4.79 Å². The second-order valence-corrected chi connectivity index (χ2v) is 4.35. The number of piperidine rings is 1. The van der Waals surface area contributed by atoms with Crippen molar-refractivity contribution in [3.63, 3.8) is 0 Å². The van der Waals surface area contributed by atoms with E-state index < -0.39 is 0 Å². The molecule has 1 heterocycles. The van der Waals surface area contributed by atoms with Crippen LogP contribution in [0, 0.1) is 5.92 Å². The van der Waals surface area contributed by atoms with E-state index in [0.29, 0.717) is 5.92 Å². The van der Waals surface area contributed by atoms with Gasteiger partial charge in [0.05, 0.1) is 0 Å². The first kappa shape index (κ1) is 10.0. The van der Waals surface area contributed by atoms with Crippen LogP contribution in [0.1, 0.15) is 32.1 Å². The number of fused-ring (bicyclic) bond motifs is 1. The molecule has 0 bridgehead atoms. The zero-order valence-corrected chi connectivity index (χ0v) is 9.09.